The van der Waals surface area contributed by atoms with Crippen LogP contribution in [0.2, 0.25) is 0 Å². The number of hydrogen-bond acceptors (Lipinski definition) is 5. The number of anilines is 1. The fraction of sp³-hybridized carbons (Fsp3) is 0.208. The van der Waals surface area contributed by atoms with Crippen LogP contribution in [0.4, 0.5) is 5.69 Å². The van der Waals surface area contributed by atoms with Crippen molar-refractivity contribution in [1.82, 2.24) is 5.32 Å². The van der Waals surface area contributed by atoms with Gasteiger partial charge in [0.05, 0.1) is 23.7 Å². The third kappa shape index (κ3) is 6.97. The van der Waals surface area contributed by atoms with Crippen molar-refractivity contribution >= 4 is 37.5 Å². The van der Waals surface area contributed by atoms with Crippen molar-refractivity contribution in [2.24, 2.45) is 0 Å². The van der Waals surface area contributed by atoms with E-state index in [9.17, 15) is 13.2 Å². The molecule has 7 nitrogen and oxygen atoms in total. The maximum Gasteiger partial charge on any atom is 0.264 e. The Morgan fingerprint density at radius 1 is 0.909 bits per heavy atom. The van der Waals surface area contributed by atoms with E-state index in [0.29, 0.717) is 23.8 Å². The molecule has 0 radical (unpaired) electrons. The molecule has 0 heterocycles. The number of rotatable bonds is 11. The number of sulfonamides is 1. The first-order valence-electron chi connectivity index (χ1n) is 10.4. The predicted octanol–water partition coefficient (Wildman–Crippen LogP) is 4.24. The third-order valence-corrected chi connectivity index (χ3v) is 6.88. The Labute approximate surface area is 202 Å². The van der Waals surface area contributed by atoms with Crippen LogP contribution in [-0.2, 0) is 14.8 Å². The van der Waals surface area contributed by atoms with E-state index in [1.807, 2.05) is 37.3 Å². The largest absolute Gasteiger partial charge is 0.494 e. The molecule has 3 rings (SSSR count). The van der Waals surface area contributed by atoms with Gasteiger partial charge in [-0.2, -0.15) is 0 Å². The standard InChI is InChI=1S/C24H25BrN2O5S/c1-2-31-22-12-10-20(11-13-22)27(33(29,30)23-14-8-19(25)9-15-23)18-24(28)26-16-17-32-21-6-4-3-5-7-21/h3-15H,2,16-18H2,1H3,(H,26,28). The Morgan fingerprint density at radius 3 is 2.18 bits per heavy atom. The highest BCUT2D eigenvalue weighted by atomic mass is 79.9. The molecule has 0 atom stereocenters. The molecule has 0 saturated carbocycles. The van der Waals surface area contributed by atoms with Crippen molar-refractivity contribution in [2.45, 2.75) is 11.8 Å². The lowest BCUT2D eigenvalue weighted by Crippen LogP contribution is -2.41. The molecular formula is C24H25BrN2O5S. The summed E-state index contributed by atoms with van der Waals surface area (Å²) in [5, 5.41) is 2.72. The number of nitrogens with one attached hydrogen (secondary N) is 1. The first-order valence-corrected chi connectivity index (χ1v) is 12.6. The summed E-state index contributed by atoms with van der Waals surface area (Å²) in [6.45, 7) is 2.48. The Kier molecular flexibility index (Phi) is 8.73. The summed E-state index contributed by atoms with van der Waals surface area (Å²) in [4.78, 5) is 12.7. The molecule has 0 aliphatic carbocycles. The van der Waals surface area contributed by atoms with Gasteiger partial charge in [0.25, 0.3) is 10.0 Å². The van der Waals surface area contributed by atoms with Gasteiger partial charge in [-0.15, -0.1) is 0 Å². The number of amides is 1. The highest BCUT2D eigenvalue weighted by molar-refractivity contribution is 9.10. The summed E-state index contributed by atoms with van der Waals surface area (Å²) < 4.78 is 39.6. The average molecular weight is 533 g/mol. The summed E-state index contributed by atoms with van der Waals surface area (Å²) in [5.41, 5.74) is 0.358. The first-order chi connectivity index (χ1) is 15.9. The lowest BCUT2D eigenvalue weighted by Gasteiger charge is -2.24. The molecule has 1 amide bonds. The number of nitrogens with zero attached hydrogens (tertiary/aromatic N) is 1. The van der Waals surface area contributed by atoms with Gasteiger partial charge in [-0.3, -0.25) is 9.10 Å². The smallest absolute Gasteiger partial charge is 0.264 e. The second kappa shape index (κ2) is 11.7. The van der Waals surface area contributed by atoms with Crippen molar-refractivity contribution in [1.29, 1.82) is 0 Å². The minimum Gasteiger partial charge on any atom is -0.494 e. The van der Waals surface area contributed by atoms with Crippen LogP contribution >= 0.6 is 15.9 Å². The number of carbonyl (C=O) groups is 1. The van der Waals surface area contributed by atoms with Crippen LogP contribution in [0.1, 0.15) is 6.92 Å². The Hall–Kier alpha value is -3.04. The quantitative estimate of drug-likeness (QED) is 0.373. The Balaban J connectivity index is 1.73. The van der Waals surface area contributed by atoms with Crippen molar-refractivity contribution in [2.75, 3.05) is 30.6 Å². The molecule has 9 heteroatoms. The van der Waals surface area contributed by atoms with Gasteiger partial charge in [0.15, 0.2) is 0 Å². The second-order valence-electron chi connectivity index (χ2n) is 6.90. The number of hydrogen-bond donors (Lipinski definition) is 1. The van der Waals surface area contributed by atoms with Crippen LogP contribution < -0.4 is 19.1 Å². The zero-order chi connectivity index (χ0) is 23.7. The molecule has 1 N–H and O–H groups in total. The minimum atomic E-state index is -3.99. The van der Waals surface area contributed by atoms with E-state index < -0.39 is 15.9 Å². The summed E-state index contributed by atoms with van der Waals surface area (Å²) >= 11 is 3.31. The van der Waals surface area contributed by atoms with Gasteiger partial charge in [-0.25, -0.2) is 8.42 Å². The molecule has 0 aromatic heterocycles. The topological polar surface area (TPSA) is 84.9 Å². The molecule has 33 heavy (non-hydrogen) atoms. The van der Waals surface area contributed by atoms with Crippen LogP contribution in [0.25, 0.3) is 0 Å². The SMILES string of the molecule is CCOc1ccc(N(CC(=O)NCCOc2ccccc2)S(=O)(=O)c2ccc(Br)cc2)cc1. The Bertz CT molecular complexity index is 1140. The predicted molar refractivity (Wildman–Crippen MR) is 131 cm³/mol. The molecule has 3 aromatic carbocycles. The molecule has 3 aromatic rings. The Morgan fingerprint density at radius 2 is 1.55 bits per heavy atom. The van der Waals surface area contributed by atoms with E-state index in [0.717, 1.165) is 8.78 Å². The van der Waals surface area contributed by atoms with E-state index in [1.165, 1.54) is 12.1 Å². The molecule has 0 fully saturated rings. The fourth-order valence-electron chi connectivity index (χ4n) is 2.99. The van der Waals surface area contributed by atoms with Gasteiger partial charge in [0, 0.05) is 4.47 Å². The lowest BCUT2D eigenvalue weighted by atomic mass is 10.3. The van der Waals surface area contributed by atoms with Gasteiger partial charge in [-0.1, -0.05) is 34.1 Å². The van der Waals surface area contributed by atoms with Crippen molar-refractivity contribution in [3.05, 3.63) is 83.3 Å². The van der Waals surface area contributed by atoms with Gasteiger partial charge in [0.2, 0.25) is 5.91 Å². The summed E-state index contributed by atoms with van der Waals surface area (Å²) in [7, 11) is -3.99. The maximum atomic E-state index is 13.4. The summed E-state index contributed by atoms with van der Waals surface area (Å²) in [6.07, 6.45) is 0. The minimum absolute atomic E-state index is 0.0831. The van der Waals surface area contributed by atoms with E-state index >= 15 is 0 Å². The second-order valence-corrected chi connectivity index (χ2v) is 9.68. The van der Waals surface area contributed by atoms with Crippen LogP contribution in [0, 0.1) is 0 Å². The molecule has 0 aliphatic heterocycles. The lowest BCUT2D eigenvalue weighted by molar-refractivity contribution is -0.119. The van der Waals surface area contributed by atoms with Crippen molar-refractivity contribution < 1.29 is 22.7 Å². The number of ether oxygens (including phenoxy) is 2. The van der Waals surface area contributed by atoms with Crippen LogP contribution in [-0.4, -0.2) is 40.6 Å². The zero-order valence-electron chi connectivity index (χ0n) is 18.1. The fourth-order valence-corrected chi connectivity index (χ4v) is 4.67. The van der Waals surface area contributed by atoms with Gasteiger partial charge >= 0.3 is 0 Å². The molecule has 0 unspecified atom stereocenters. The molecular weight excluding hydrogens is 508 g/mol. The molecule has 0 bridgehead atoms. The zero-order valence-corrected chi connectivity index (χ0v) is 20.5. The van der Waals surface area contributed by atoms with E-state index in [4.69, 9.17) is 9.47 Å². The highest BCUT2D eigenvalue weighted by Gasteiger charge is 2.27. The number of halogens is 1. The number of carbonyl (C=O) groups excluding carboxylic acids is 1. The van der Waals surface area contributed by atoms with E-state index in [1.54, 1.807) is 36.4 Å². The summed E-state index contributed by atoms with van der Waals surface area (Å²) in [6, 6.07) is 22.1. The summed E-state index contributed by atoms with van der Waals surface area (Å²) in [5.74, 6) is 0.867. The highest BCUT2D eigenvalue weighted by Crippen LogP contribution is 2.26. The number of para-hydroxylation sites is 1. The van der Waals surface area contributed by atoms with Gasteiger partial charge in [-0.05, 0) is 67.6 Å². The monoisotopic (exact) mass is 532 g/mol. The van der Waals surface area contributed by atoms with Crippen LogP contribution in [0.15, 0.2) is 88.2 Å². The van der Waals surface area contributed by atoms with Crippen molar-refractivity contribution in [3.8, 4) is 11.5 Å². The first kappa shape index (κ1) is 24.6. The van der Waals surface area contributed by atoms with Crippen LogP contribution in [0.3, 0.4) is 0 Å². The maximum absolute atomic E-state index is 13.4. The third-order valence-electron chi connectivity index (χ3n) is 4.56. The number of benzene rings is 3. The molecule has 174 valence electrons. The van der Waals surface area contributed by atoms with Gasteiger partial charge < -0.3 is 14.8 Å². The normalized spacial score (nSPS) is 11.0. The van der Waals surface area contributed by atoms with Gasteiger partial charge in [0.1, 0.15) is 24.7 Å². The molecule has 0 aliphatic rings. The molecule has 0 spiro atoms. The van der Waals surface area contributed by atoms with Crippen LogP contribution in [0.5, 0.6) is 11.5 Å². The van der Waals surface area contributed by atoms with Crippen molar-refractivity contribution in [3.63, 3.8) is 0 Å². The van der Waals surface area contributed by atoms with E-state index in [-0.39, 0.29) is 24.6 Å². The average Bonchev–Trinajstić information content (AvgIpc) is 2.82. The molecule has 0 saturated heterocycles. The van der Waals surface area contributed by atoms with E-state index in [2.05, 4.69) is 21.2 Å².